The summed E-state index contributed by atoms with van der Waals surface area (Å²) in [6.45, 7) is 6.62. The number of thiol groups is 1. The SMILES string of the molecule is CCOc1ccc(OCC)c(NC(=O)C(C)S)c1. The van der Waals surface area contributed by atoms with E-state index in [0.29, 0.717) is 30.4 Å². The molecular formula is C13H19NO3S. The molecule has 0 aromatic heterocycles. The van der Waals surface area contributed by atoms with E-state index in [-0.39, 0.29) is 11.2 Å². The van der Waals surface area contributed by atoms with Crippen LogP contribution in [0.15, 0.2) is 18.2 Å². The van der Waals surface area contributed by atoms with Gasteiger partial charge >= 0.3 is 0 Å². The van der Waals surface area contributed by atoms with Gasteiger partial charge in [0.1, 0.15) is 11.5 Å². The predicted molar refractivity (Wildman–Crippen MR) is 75.9 cm³/mol. The fraction of sp³-hybridized carbons (Fsp3) is 0.462. The number of rotatable bonds is 6. The number of hydrogen-bond acceptors (Lipinski definition) is 4. The molecule has 1 N–H and O–H groups in total. The first kappa shape index (κ1) is 14.7. The molecule has 1 aromatic carbocycles. The van der Waals surface area contributed by atoms with Crippen molar-refractivity contribution in [3.05, 3.63) is 18.2 Å². The molecular weight excluding hydrogens is 250 g/mol. The number of nitrogens with one attached hydrogen (secondary N) is 1. The largest absolute Gasteiger partial charge is 0.494 e. The van der Waals surface area contributed by atoms with E-state index in [0.717, 1.165) is 0 Å². The normalized spacial score (nSPS) is 11.8. The molecule has 0 aliphatic carbocycles. The summed E-state index contributed by atoms with van der Waals surface area (Å²) in [5, 5.41) is 2.39. The maximum atomic E-state index is 11.7. The lowest BCUT2D eigenvalue weighted by molar-refractivity contribution is -0.115. The third-order valence-corrected chi connectivity index (χ3v) is 2.43. The average molecular weight is 269 g/mol. The highest BCUT2D eigenvalue weighted by Crippen LogP contribution is 2.29. The smallest absolute Gasteiger partial charge is 0.237 e. The Morgan fingerprint density at radius 3 is 2.56 bits per heavy atom. The topological polar surface area (TPSA) is 47.6 Å². The average Bonchev–Trinajstić information content (AvgIpc) is 2.33. The molecule has 0 bridgehead atoms. The first-order valence-electron chi connectivity index (χ1n) is 5.97. The molecule has 0 radical (unpaired) electrons. The molecule has 1 amide bonds. The zero-order valence-electron chi connectivity index (χ0n) is 10.9. The molecule has 1 unspecified atom stereocenters. The Hall–Kier alpha value is -1.36. The zero-order chi connectivity index (χ0) is 13.5. The maximum Gasteiger partial charge on any atom is 0.237 e. The van der Waals surface area contributed by atoms with Gasteiger partial charge in [0.25, 0.3) is 0 Å². The third kappa shape index (κ3) is 4.14. The fourth-order valence-electron chi connectivity index (χ4n) is 1.38. The van der Waals surface area contributed by atoms with Crippen molar-refractivity contribution >= 4 is 24.2 Å². The number of benzene rings is 1. The summed E-state index contributed by atoms with van der Waals surface area (Å²) >= 11 is 4.09. The van der Waals surface area contributed by atoms with Gasteiger partial charge in [-0.05, 0) is 32.9 Å². The fourth-order valence-corrected chi connectivity index (χ4v) is 1.45. The van der Waals surface area contributed by atoms with Crippen LogP contribution in [0.5, 0.6) is 11.5 Å². The molecule has 5 heteroatoms. The van der Waals surface area contributed by atoms with Gasteiger partial charge < -0.3 is 14.8 Å². The van der Waals surface area contributed by atoms with E-state index in [2.05, 4.69) is 17.9 Å². The second-order valence-electron chi connectivity index (χ2n) is 3.69. The molecule has 1 rings (SSSR count). The predicted octanol–water partition coefficient (Wildman–Crippen LogP) is 2.74. The van der Waals surface area contributed by atoms with Gasteiger partial charge in [0, 0.05) is 6.07 Å². The minimum atomic E-state index is -0.379. The van der Waals surface area contributed by atoms with Crippen molar-refractivity contribution in [2.24, 2.45) is 0 Å². The van der Waals surface area contributed by atoms with Crippen LogP contribution in [-0.4, -0.2) is 24.4 Å². The number of amides is 1. The standard InChI is InChI=1S/C13H19NO3S/c1-4-16-10-6-7-12(17-5-2)11(8-10)14-13(15)9(3)18/h6-9,18H,4-5H2,1-3H3,(H,14,15). The summed E-state index contributed by atoms with van der Waals surface area (Å²) < 4.78 is 10.9. The number of carbonyl (C=O) groups excluding carboxylic acids is 1. The van der Waals surface area contributed by atoms with Crippen LogP contribution in [0.1, 0.15) is 20.8 Å². The second kappa shape index (κ2) is 7.16. The van der Waals surface area contributed by atoms with Crippen molar-refractivity contribution in [1.29, 1.82) is 0 Å². The molecule has 1 aromatic rings. The Balaban J connectivity index is 2.95. The maximum absolute atomic E-state index is 11.7. The first-order chi connectivity index (χ1) is 8.58. The lowest BCUT2D eigenvalue weighted by Gasteiger charge is -2.14. The van der Waals surface area contributed by atoms with Crippen LogP contribution < -0.4 is 14.8 Å². The van der Waals surface area contributed by atoms with Crippen molar-refractivity contribution in [2.75, 3.05) is 18.5 Å². The third-order valence-electron chi connectivity index (χ3n) is 2.20. The van der Waals surface area contributed by atoms with Crippen LogP contribution in [0.2, 0.25) is 0 Å². The number of hydrogen-bond donors (Lipinski definition) is 2. The highest BCUT2D eigenvalue weighted by atomic mass is 32.1. The second-order valence-corrected chi connectivity index (χ2v) is 4.46. The number of anilines is 1. The monoisotopic (exact) mass is 269 g/mol. The molecule has 1 atom stereocenters. The highest BCUT2D eigenvalue weighted by Gasteiger charge is 2.12. The van der Waals surface area contributed by atoms with Gasteiger partial charge in [-0.2, -0.15) is 12.6 Å². The molecule has 0 aliphatic rings. The van der Waals surface area contributed by atoms with Crippen molar-refractivity contribution < 1.29 is 14.3 Å². The minimum absolute atomic E-state index is 0.173. The Kier molecular flexibility index (Phi) is 5.85. The van der Waals surface area contributed by atoms with Gasteiger partial charge in [0.2, 0.25) is 5.91 Å². The van der Waals surface area contributed by atoms with Crippen LogP contribution in [0.4, 0.5) is 5.69 Å². The van der Waals surface area contributed by atoms with E-state index in [4.69, 9.17) is 9.47 Å². The summed E-state index contributed by atoms with van der Waals surface area (Å²) in [4.78, 5) is 11.7. The van der Waals surface area contributed by atoms with E-state index in [9.17, 15) is 4.79 Å². The van der Waals surface area contributed by atoms with E-state index in [1.165, 1.54) is 0 Å². The molecule has 0 saturated heterocycles. The van der Waals surface area contributed by atoms with Gasteiger partial charge in [-0.15, -0.1) is 0 Å². The van der Waals surface area contributed by atoms with E-state index in [1.54, 1.807) is 19.1 Å². The lowest BCUT2D eigenvalue weighted by atomic mass is 10.2. The van der Waals surface area contributed by atoms with Gasteiger partial charge in [0.15, 0.2) is 0 Å². The summed E-state index contributed by atoms with van der Waals surface area (Å²) in [6, 6.07) is 5.35. The summed E-state index contributed by atoms with van der Waals surface area (Å²) in [6.07, 6.45) is 0. The van der Waals surface area contributed by atoms with Gasteiger partial charge in [-0.1, -0.05) is 0 Å². The lowest BCUT2D eigenvalue weighted by Crippen LogP contribution is -2.20. The van der Waals surface area contributed by atoms with Crippen molar-refractivity contribution in [1.82, 2.24) is 0 Å². The summed E-state index contributed by atoms with van der Waals surface area (Å²) in [5.41, 5.74) is 0.605. The van der Waals surface area contributed by atoms with Crippen molar-refractivity contribution in [3.63, 3.8) is 0 Å². The van der Waals surface area contributed by atoms with E-state index < -0.39 is 0 Å². The molecule has 18 heavy (non-hydrogen) atoms. The van der Waals surface area contributed by atoms with Gasteiger partial charge in [-0.3, -0.25) is 4.79 Å². The van der Waals surface area contributed by atoms with Gasteiger partial charge in [0.05, 0.1) is 24.2 Å². The van der Waals surface area contributed by atoms with E-state index in [1.807, 2.05) is 19.9 Å². The number of ether oxygens (including phenoxy) is 2. The zero-order valence-corrected chi connectivity index (χ0v) is 11.8. The van der Waals surface area contributed by atoms with Crippen molar-refractivity contribution in [2.45, 2.75) is 26.0 Å². The minimum Gasteiger partial charge on any atom is -0.494 e. The van der Waals surface area contributed by atoms with E-state index >= 15 is 0 Å². The first-order valence-corrected chi connectivity index (χ1v) is 6.48. The summed E-state index contributed by atoms with van der Waals surface area (Å²) in [7, 11) is 0. The molecule has 0 fully saturated rings. The molecule has 0 saturated carbocycles. The van der Waals surface area contributed by atoms with Crippen LogP contribution >= 0.6 is 12.6 Å². The molecule has 4 nitrogen and oxygen atoms in total. The van der Waals surface area contributed by atoms with Crippen LogP contribution in [-0.2, 0) is 4.79 Å². The molecule has 0 heterocycles. The molecule has 0 aliphatic heterocycles. The number of carbonyl (C=O) groups is 1. The Labute approximate surface area is 113 Å². The molecule has 100 valence electrons. The molecule has 0 spiro atoms. The quantitative estimate of drug-likeness (QED) is 0.781. The Morgan fingerprint density at radius 1 is 1.33 bits per heavy atom. The summed E-state index contributed by atoms with van der Waals surface area (Å²) in [5.74, 6) is 1.15. The van der Waals surface area contributed by atoms with Crippen LogP contribution in [0.3, 0.4) is 0 Å². The highest BCUT2D eigenvalue weighted by molar-refractivity contribution is 7.81. The van der Waals surface area contributed by atoms with Crippen LogP contribution in [0, 0.1) is 0 Å². The van der Waals surface area contributed by atoms with Crippen LogP contribution in [0.25, 0.3) is 0 Å². The van der Waals surface area contributed by atoms with Crippen molar-refractivity contribution in [3.8, 4) is 11.5 Å². The Bertz CT molecular complexity index is 407. The Morgan fingerprint density at radius 2 is 2.00 bits per heavy atom. The van der Waals surface area contributed by atoms with Gasteiger partial charge in [-0.25, -0.2) is 0 Å².